The maximum absolute atomic E-state index is 11.1. The van der Waals surface area contributed by atoms with Gasteiger partial charge in [-0.3, -0.25) is 9.56 Å². The van der Waals surface area contributed by atoms with Crippen LogP contribution in [0.5, 0.6) is 0 Å². The van der Waals surface area contributed by atoms with Crippen molar-refractivity contribution in [2.45, 2.75) is 43.9 Å². The number of nitrogens with two attached hydrogens (primary N) is 2. The molecule has 2 aromatic carbocycles. The number of aromatic nitrogens is 8. The van der Waals surface area contributed by atoms with Gasteiger partial charge < -0.3 is 37.1 Å². The molecule has 0 radical (unpaired) electrons. The Bertz CT molecular complexity index is 1700. The zero-order valence-corrected chi connectivity index (χ0v) is 24.5. The Morgan fingerprint density at radius 1 is 1.00 bits per heavy atom. The lowest BCUT2D eigenvalue weighted by molar-refractivity contribution is -0.0384. The highest BCUT2D eigenvalue weighted by Gasteiger charge is 2.47. The first-order valence-electron chi connectivity index (χ1n) is 14.6. The van der Waals surface area contributed by atoms with Gasteiger partial charge in [-0.2, -0.15) is 14.8 Å². The van der Waals surface area contributed by atoms with E-state index in [9.17, 15) is 10.2 Å². The van der Waals surface area contributed by atoms with E-state index in [1.54, 1.807) is 4.57 Å². The van der Waals surface area contributed by atoms with Gasteiger partial charge in [-0.25, -0.2) is 4.98 Å². The number of ether oxygens (including phenoxy) is 1. The van der Waals surface area contributed by atoms with E-state index in [-0.39, 0.29) is 23.7 Å². The summed E-state index contributed by atoms with van der Waals surface area (Å²) in [5.74, 6) is 0.915. The summed E-state index contributed by atoms with van der Waals surface area (Å²) in [5, 5.41) is 40.8. The minimum absolute atomic E-state index is 0.0118. The molecule has 4 heterocycles. The lowest BCUT2D eigenvalue weighted by Gasteiger charge is -2.20. The molecule has 4 atom stereocenters. The fourth-order valence-corrected chi connectivity index (χ4v) is 5.26. The van der Waals surface area contributed by atoms with Crippen molar-refractivity contribution in [3.63, 3.8) is 0 Å². The highest BCUT2D eigenvalue weighted by Crippen LogP contribution is 2.39. The van der Waals surface area contributed by atoms with E-state index < -0.39 is 24.5 Å². The Morgan fingerprint density at radius 3 is 2.36 bits per heavy atom. The second-order valence-electron chi connectivity index (χ2n) is 10.5. The Hall–Kier alpha value is -5.19. The van der Waals surface area contributed by atoms with Crippen molar-refractivity contribution in [3.05, 3.63) is 83.9 Å². The molecule has 1 aliphatic rings. The van der Waals surface area contributed by atoms with Crippen LogP contribution in [0.15, 0.2) is 72.0 Å². The predicted molar refractivity (Wildman–Crippen MR) is 166 cm³/mol. The fraction of sp³-hybridized carbons (Fsp3) is 0.345. The van der Waals surface area contributed by atoms with Crippen LogP contribution >= 0.6 is 0 Å². The normalized spacial score (nSPS) is 19.6. The number of tetrazole rings is 1. The summed E-state index contributed by atoms with van der Waals surface area (Å²) in [6, 6.07) is 20.4. The van der Waals surface area contributed by atoms with Crippen LogP contribution in [-0.2, 0) is 11.3 Å². The van der Waals surface area contributed by atoms with Gasteiger partial charge in [0.25, 0.3) is 0 Å². The quantitative estimate of drug-likeness (QED) is 0.0650. The van der Waals surface area contributed by atoms with Gasteiger partial charge in [0.15, 0.2) is 35.3 Å². The standard InChI is InChI=1S/C29H35N13O3/c1-2-42-39-25(38-40-42)23-21(43)22(44)27(45-23)41-16-35-20-24(36-29(37-26(20)41)33-14-13-32-28(30)31)34-15-19(17-9-5-3-6-10-17)18-11-7-4-8-12-18/h3-12,16,19,21-23,27,43-44H,2,13-15H2,1H3,(H4,30,31,32)(H2,33,34,36,37)/t21-,22+,23-,27+/m0/s1. The fourth-order valence-electron chi connectivity index (χ4n) is 5.26. The van der Waals surface area contributed by atoms with Crippen LogP contribution in [0.4, 0.5) is 11.8 Å². The smallest absolute Gasteiger partial charge is 0.226 e. The molecular weight excluding hydrogens is 578 g/mol. The van der Waals surface area contributed by atoms with E-state index in [1.807, 2.05) is 43.3 Å². The molecule has 234 valence electrons. The number of nitrogens with one attached hydrogen (secondary N) is 2. The molecule has 45 heavy (non-hydrogen) atoms. The number of hydrogen-bond acceptors (Lipinski definition) is 12. The van der Waals surface area contributed by atoms with Gasteiger partial charge in [0, 0.05) is 19.0 Å². The maximum Gasteiger partial charge on any atom is 0.226 e. The molecule has 3 aromatic heterocycles. The summed E-state index contributed by atoms with van der Waals surface area (Å²) in [4.78, 5) is 19.4. The number of aliphatic imine (C=N–C) groups is 1. The van der Waals surface area contributed by atoms with Crippen LogP contribution in [0.25, 0.3) is 11.2 Å². The molecule has 16 nitrogen and oxygen atoms in total. The second kappa shape index (κ2) is 13.2. The summed E-state index contributed by atoms with van der Waals surface area (Å²) >= 11 is 0. The van der Waals surface area contributed by atoms with E-state index in [1.165, 1.54) is 11.1 Å². The molecule has 0 bridgehead atoms. The molecule has 0 amide bonds. The Morgan fingerprint density at radius 2 is 1.71 bits per heavy atom. The van der Waals surface area contributed by atoms with Crippen LogP contribution in [0.3, 0.4) is 0 Å². The Labute approximate surface area is 258 Å². The van der Waals surface area contributed by atoms with Crippen molar-refractivity contribution < 1.29 is 14.9 Å². The number of fused-ring (bicyclic) bond motifs is 1. The Balaban J connectivity index is 1.33. The Kier molecular flexibility index (Phi) is 8.77. The van der Waals surface area contributed by atoms with E-state index in [2.05, 4.69) is 65.3 Å². The van der Waals surface area contributed by atoms with Crippen LogP contribution in [-0.4, -0.2) is 87.7 Å². The molecule has 1 fully saturated rings. The van der Waals surface area contributed by atoms with E-state index in [0.717, 1.165) is 11.1 Å². The first kappa shape index (κ1) is 29.9. The highest BCUT2D eigenvalue weighted by atomic mass is 16.6. The largest absolute Gasteiger partial charge is 0.387 e. The van der Waals surface area contributed by atoms with Gasteiger partial charge in [-0.15, -0.1) is 10.2 Å². The van der Waals surface area contributed by atoms with Crippen LogP contribution in [0.2, 0.25) is 0 Å². The van der Waals surface area contributed by atoms with Gasteiger partial charge in [0.2, 0.25) is 11.8 Å². The first-order chi connectivity index (χ1) is 21.9. The number of aliphatic hydroxyl groups is 2. The number of aryl methyl sites for hydroxylation is 1. The van der Waals surface area contributed by atoms with Crippen LogP contribution in [0, 0.1) is 0 Å². The van der Waals surface area contributed by atoms with Gasteiger partial charge in [-0.1, -0.05) is 60.7 Å². The number of guanidine groups is 1. The number of nitrogens with zero attached hydrogens (tertiary/aromatic N) is 9. The highest BCUT2D eigenvalue weighted by molar-refractivity contribution is 5.84. The summed E-state index contributed by atoms with van der Waals surface area (Å²) in [7, 11) is 0. The molecule has 0 saturated carbocycles. The molecule has 5 aromatic rings. The van der Waals surface area contributed by atoms with Crippen LogP contribution < -0.4 is 22.1 Å². The SMILES string of the molecule is CCn1nnc([C@H]2O[C@@H](n3cnc4c(NCC(c5ccccc5)c5ccccc5)nc(NCCN=C(N)N)nc43)[C@H](O)[C@@H]2O)n1. The van der Waals surface area contributed by atoms with Gasteiger partial charge in [-0.05, 0) is 23.3 Å². The monoisotopic (exact) mass is 613 g/mol. The molecule has 0 aliphatic carbocycles. The van der Waals surface area contributed by atoms with E-state index >= 15 is 0 Å². The van der Waals surface area contributed by atoms with Gasteiger partial charge >= 0.3 is 0 Å². The molecular formula is C29H35N13O3. The number of imidazole rings is 1. The number of anilines is 2. The van der Waals surface area contributed by atoms with Crippen molar-refractivity contribution in [1.29, 1.82) is 0 Å². The second-order valence-corrected chi connectivity index (χ2v) is 10.5. The average Bonchev–Trinajstić information content (AvgIpc) is 3.78. The van der Waals surface area contributed by atoms with Crippen molar-refractivity contribution in [1.82, 2.24) is 39.7 Å². The lowest BCUT2D eigenvalue weighted by atomic mass is 9.91. The van der Waals surface area contributed by atoms with Crippen molar-refractivity contribution in [3.8, 4) is 0 Å². The minimum Gasteiger partial charge on any atom is -0.387 e. The van der Waals surface area contributed by atoms with E-state index in [0.29, 0.717) is 43.2 Å². The molecule has 6 rings (SSSR count). The van der Waals surface area contributed by atoms with Crippen LogP contribution in [0.1, 0.15) is 42.1 Å². The molecule has 0 spiro atoms. The molecule has 1 aliphatic heterocycles. The average molecular weight is 614 g/mol. The third-order valence-corrected chi connectivity index (χ3v) is 7.51. The van der Waals surface area contributed by atoms with Gasteiger partial charge in [0.1, 0.15) is 12.2 Å². The van der Waals surface area contributed by atoms with Crippen molar-refractivity contribution >= 4 is 28.9 Å². The lowest BCUT2D eigenvalue weighted by Crippen LogP contribution is -2.29. The summed E-state index contributed by atoms with van der Waals surface area (Å²) < 4.78 is 7.66. The van der Waals surface area contributed by atoms with E-state index in [4.69, 9.17) is 21.2 Å². The number of hydrogen-bond donors (Lipinski definition) is 6. The zero-order valence-electron chi connectivity index (χ0n) is 24.5. The third kappa shape index (κ3) is 6.38. The topological polar surface area (TPSA) is 225 Å². The first-order valence-corrected chi connectivity index (χ1v) is 14.6. The molecule has 8 N–H and O–H groups in total. The maximum atomic E-state index is 11.1. The summed E-state index contributed by atoms with van der Waals surface area (Å²) in [6.07, 6.45) is -3.18. The third-order valence-electron chi connectivity index (χ3n) is 7.51. The number of rotatable bonds is 12. The predicted octanol–water partition coefficient (Wildman–Crippen LogP) is 0.754. The number of aliphatic hydroxyl groups excluding tert-OH is 2. The number of benzene rings is 2. The molecule has 16 heteroatoms. The minimum atomic E-state index is -1.33. The molecule has 1 saturated heterocycles. The van der Waals surface area contributed by atoms with Crippen molar-refractivity contribution in [2.24, 2.45) is 16.5 Å². The summed E-state index contributed by atoms with van der Waals surface area (Å²) in [6.45, 7) is 3.52. The molecule has 0 unspecified atom stereocenters. The van der Waals surface area contributed by atoms with Crippen molar-refractivity contribution in [2.75, 3.05) is 30.3 Å². The summed E-state index contributed by atoms with van der Waals surface area (Å²) in [5.41, 5.74) is 14.0. The zero-order chi connectivity index (χ0) is 31.3. The van der Waals surface area contributed by atoms with Gasteiger partial charge in [0.05, 0.1) is 19.4 Å².